The number of carbonyl (C=O) groups excluding carboxylic acids is 1. The van der Waals surface area contributed by atoms with Gasteiger partial charge in [0, 0.05) is 6.42 Å². The van der Waals surface area contributed by atoms with Crippen LogP contribution in [0.1, 0.15) is 309 Å². The Balaban J connectivity index is 3.98. The second-order valence-corrected chi connectivity index (χ2v) is 26.0. The second kappa shape index (κ2) is 62.9. The van der Waals surface area contributed by atoms with E-state index in [0.29, 0.717) is 17.4 Å². The summed E-state index contributed by atoms with van der Waals surface area (Å²) in [7, 11) is 1.58. The summed E-state index contributed by atoms with van der Waals surface area (Å²) >= 11 is 0. The van der Waals surface area contributed by atoms with Crippen LogP contribution in [0.3, 0.4) is 0 Å². The Kier molecular flexibility index (Phi) is 61.0. The summed E-state index contributed by atoms with van der Waals surface area (Å²) in [5.74, 6) is -0.174. The van der Waals surface area contributed by atoms with E-state index in [1.165, 1.54) is 205 Å². The van der Waals surface area contributed by atoms with Crippen LogP contribution in [0.15, 0.2) is 97.2 Å². The third-order valence-electron chi connectivity index (χ3n) is 15.3. The molecule has 0 aliphatic heterocycles. The molecule has 0 aromatic carbocycles. The molecule has 3 N–H and O–H groups in total. The lowest BCUT2D eigenvalue weighted by Gasteiger charge is -2.25. The van der Waals surface area contributed by atoms with Gasteiger partial charge in [-0.15, -0.1) is 0 Å². The topological polar surface area (TPSA) is 105 Å². The number of phosphoric ester groups is 1. The molecule has 0 spiro atoms. The predicted molar refractivity (Wildman–Crippen MR) is 359 cm³/mol. The van der Waals surface area contributed by atoms with Gasteiger partial charge < -0.3 is 19.8 Å². The maximum atomic E-state index is 13.0. The highest BCUT2D eigenvalue weighted by Gasteiger charge is 2.28. The monoisotopic (exact) mass is 1170 g/mol. The van der Waals surface area contributed by atoms with Gasteiger partial charge in [-0.3, -0.25) is 13.8 Å². The first-order valence-electron chi connectivity index (χ1n) is 34.6. The molecule has 476 valence electrons. The smallest absolute Gasteiger partial charge is 0.387 e. The SMILES string of the molecule is CC/C=C\C/C=C\C/C=C\C/C=C\C/C=C\C/C=C\C/C=C\CCCCCCCCCCCCCCCCCCCCCC(=O)NC(COP(=O)(O)OCC[N+](C)(C)C)C(O)/C=C/CCCCCCCCCCCCCCCCCCC. The van der Waals surface area contributed by atoms with E-state index in [1.807, 2.05) is 27.2 Å². The van der Waals surface area contributed by atoms with Crippen molar-refractivity contribution in [2.45, 2.75) is 321 Å². The Bertz CT molecular complexity index is 1660. The molecule has 3 atom stereocenters. The molecule has 0 heterocycles. The first-order valence-corrected chi connectivity index (χ1v) is 36.1. The van der Waals surface area contributed by atoms with Crippen LogP contribution in [0, 0.1) is 0 Å². The van der Waals surface area contributed by atoms with Crippen LogP contribution in [0.25, 0.3) is 0 Å². The summed E-state index contributed by atoms with van der Waals surface area (Å²) < 4.78 is 23.8. The van der Waals surface area contributed by atoms with Crippen LogP contribution >= 0.6 is 7.82 Å². The minimum Gasteiger partial charge on any atom is -0.387 e. The van der Waals surface area contributed by atoms with Gasteiger partial charge in [-0.2, -0.15) is 0 Å². The molecule has 0 radical (unpaired) electrons. The molecule has 8 nitrogen and oxygen atoms in total. The number of nitrogens with one attached hydrogen (secondary N) is 1. The van der Waals surface area contributed by atoms with E-state index in [-0.39, 0.29) is 19.1 Å². The summed E-state index contributed by atoms with van der Waals surface area (Å²) in [6.45, 7) is 4.73. The van der Waals surface area contributed by atoms with Gasteiger partial charge in [0.15, 0.2) is 0 Å². The van der Waals surface area contributed by atoms with Crippen molar-refractivity contribution in [1.82, 2.24) is 5.32 Å². The summed E-state index contributed by atoms with van der Waals surface area (Å²) in [6, 6.07) is -0.850. The fraction of sp³-hybridized carbons (Fsp3) is 0.767. The molecule has 3 unspecified atom stereocenters. The molecule has 0 bridgehead atoms. The average Bonchev–Trinajstić information content (AvgIpc) is 3.47. The van der Waals surface area contributed by atoms with Crippen molar-refractivity contribution in [3.63, 3.8) is 0 Å². The number of hydrogen-bond donors (Lipinski definition) is 3. The van der Waals surface area contributed by atoms with Crippen molar-refractivity contribution in [1.29, 1.82) is 0 Å². The van der Waals surface area contributed by atoms with Crippen molar-refractivity contribution < 1.29 is 32.9 Å². The van der Waals surface area contributed by atoms with Gasteiger partial charge in [-0.05, 0) is 77.0 Å². The summed E-state index contributed by atoms with van der Waals surface area (Å²) in [5, 5.41) is 14.0. The molecular weight excluding hydrogens is 1030 g/mol. The number of quaternary nitrogens is 1. The van der Waals surface area contributed by atoms with E-state index in [2.05, 4.69) is 104 Å². The maximum absolute atomic E-state index is 13.0. The first kappa shape index (κ1) is 79.4. The Hall–Kier alpha value is -2.58. The van der Waals surface area contributed by atoms with Crippen molar-refractivity contribution in [2.75, 3.05) is 40.9 Å². The third kappa shape index (κ3) is 65.0. The van der Waals surface area contributed by atoms with Crippen LogP contribution in [0.4, 0.5) is 0 Å². The van der Waals surface area contributed by atoms with E-state index >= 15 is 0 Å². The highest BCUT2D eigenvalue weighted by Crippen LogP contribution is 2.43. The molecule has 0 saturated carbocycles. The first-order chi connectivity index (χ1) is 40.0. The molecule has 82 heavy (non-hydrogen) atoms. The summed E-state index contributed by atoms with van der Waals surface area (Å²) in [5.41, 5.74) is 0. The number of phosphoric acid groups is 1. The van der Waals surface area contributed by atoms with Crippen LogP contribution in [-0.2, 0) is 18.4 Å². The molecular formula is C73H134N2O6P+. The number of unbranched alkanes of at least 4 members (excludes halogenated alkanes) is 36. The molecule has 0 aliphatic rings. The fourth-order valence-corrected chi connectivity index (χ4v) is 10.7. The van der Waals surface area contributed by atoms with Gasteiger partial charge in [0.25, 0.3) is 0 Å². The van der Waals surface area contributed by atoms with Crippen molar-refractivity contribution >= 4 is 13.7 Å². The Morgan fingerprint density at radius 2 is 0.732 bits per heavy atom. The van der Waals surface area contributed by atoms with E-state index < -0.39 is 20.0 Å². The molecule has 0 fully saturated rings. The summed E-state index contributed by atoms with van der Waals surface area (Å²) in [4.78, 5) is 23.4. The Morgan fingerprint density at radius 3 is 1.07 bits per heavy atom. The zero-order valence-corrected chi connectivity index (χ0v) is 55.4. The number of aliphatic hydroxyl groups excluding tert-OH is 1. The third-order valence-corrected chi connectivity index (χ3v) is 16.3. The fourth-order valence-electron chi connectivity index (χ4n) is 9.97. The highest BCUT2D eigenvalue weighted by molar-refractivity contribution is 7.47. The summed E-state index contributed by atoms with van der Waals surface area (Å²) in [6.07, 6.45) is 91.2. The molecule has 0 saturated heterocycles. The molecule has 1 amide bonds. The van der Waals surface area contributed by atoms with Gasteiger partial charge >= 0.3 is 7.82 Å². The molecule has 0 aromatic rings. The Labute approximate surface area is 509 Å². The van der Waals surface area contributed by atoms with Gasteiger partial charge in [0.05, 0.1) is 39.9 Å². The van der Waals surface area contributed by atoms with Crippen molar-refractivity contribution in [3.8, 4) is 0 Å². The average molecular weight is 1170 g/mol. The Morgan fingerprint density at radius 1 is 0.427 bits per heavy atom. The number of rotatable bonds is 63. The van der Waals surface area contributed by atoms with Crippen LogP contribution in [0.5, 0.6) is 0 Å². The van der Waals surface area contributed by atoms with Crippen LogP contribution < -0.4 is 5.32 Å². The molecule has 9 heteroatoms. The molecule has 0 rings (SSSR count). The van der Waals surface area contributed by atoms with Gasteiger partial charge in [-0.1, -0.05) is 323 Å². The normalized spacial score (nSPS) is 14.3. The number of amides is 1. The van der Waals surface area contributed by atoms with Crippen molar-refractivity contribution in [3.05, 3.63) is 97.2 Å². The minimum atomic E-state index is -4.35. The number of hydrogen-bond acceptors (Lipinski definition) is 5. The largest absolute Gasteiger partial charge is 0.472 e. The second-order valence-electron chi connectivity index (χ2n) is 24.5. The lowest BCUT2D eigenvalue weighted by atomic mass is 10.0. The molecule has 0 aliphatic carbocycles. The van der Waals surface area contributed by atoms with Gasteiger partial charge in [0.2, 0.25) is 5.91 Å². The van der Waals surface area contributed by atoms with E-state index in [4.69, 9.17) is 9.05 Å². The standard InChI is InChI=1S/C73H133N2O6P/c1-6-8-10-12-14-16-18-20-22-24-26-27-28-29-30-31-32-33-34-35-36-37-38-39-40-41-42-43-44-45-46-47-49-51-53-55-57-59-61-63-65-67-73(77)74-71(70-81-82(78,79)80-69-68-75(3,4)5)72(76)66-64-62-60-58-56-54-52-50-48-25-23-21-19-17-15-13-11-9-7-2/h8,10,14,16,20,22,26-27,29-30,32-33,35-36,64,66,71-72,76H,6-7,9,11-13,15,17-19,21,23-25,28,31,34,37-63,65,67-70H2,1-5H3,(H-,74,77,78,79)/p+1/b10-8-,16-14-,22-20-,27-26-,30-29-,33-32-,36-35-,66-64+. The lowest BCUT2D eigenvalue weighted by Crippen LogP contribution is -2.45. The minimum absolute atomic E-state index is 0.0606. The predicted octanol–water partition coefficient (Wildman–Crippen LogP) is 22.1. The van der Waals surface area contributed by atoms with Gasteiger partial charge in [0.1, 0.15) is 13.2 Å². The number of likely N-dealkylation sites (N-methyl/N-ethyl adjacent to an activating group) is 1. The van der Waals surface area contributed by atoms with Crippen LogP contribution in [0.2, 0.25) is 0 Å². The number of allylic oxidation sites excluding steroid dienone is 15. The quantitative estimate of drug-likeness (QED) is 0.0243. The zero-order chi connectivity index (χ0) is 59.8. The lowest BCUT2D eigenvalue weighted by molar-refractivity contribution is -0.870. The number of aliphatic hydroxyl groups is 1. The van der Waals surface area contributed by atoms with E-state index in [9.17, 15) is 19.4 Å². The van der Waals surface area contributed by atoms with E-state index in [0.717, 1.165) is 83.5 Å². The van der Waals surface area contributed by atoms with Crippen molar-refractivity contribution in [2.24, 2.45) is 0 Å². The van der Waals surface area contributed by atoms with Crippen LogP contribution in [-0.4, -0.2) is 73.4 Å². The van der Waals surface area contributed by atoms with E-state index in [1.54, 1.807) is 6.08 Å². The molecule has 0 aromatic heterocycles. The van der Waals surface area contributed by atoms with Gasteiger partial charge in [-0.25, -0.2) is 4.57 Å². The maximum Gasteiger partial charge on any atom is 0.472 e. The highest BCUT2D eigenvalue weighted by atomic mass is 31.2. The number of nitrogens with zero attached hydrogens (tertiary/aromatic N) is 1. The zero-order valence-electron chi connectivity index (χ0n) is 54.5. The number of carbonyl (C=O) groups is 1.